The highest BCUT2D eigenvalue weighted by Gasteiger charge is 2.26. The SMILES string of the molecule is O=C1N=C(N2CCCCC2)S/C1=C/c1ccc([N+](=O)[O-])cc1. The van der Waals surface area contributed by atoms with Crippen molar-refractivity contribution in [3.8, 4) is 0 Å². The highest BCUT2D eigenvalue weighted by atomic mass is 32.2. The number of carbonyl (C=O) groups excluding carboxylic acids is 1. The molecule has 2 aliphatic heterocycles. The summed E-state index contributed by atoms with van der Waals surface area (Å²) in [5.74, 6) is -0.232. The zero-order valence-corrected chi connectivity index (χ0v) is 12.7. The number of likely N-dealkylation sites (tertiary alicyclic amines) is 1. The number of nitro groups is 1. The van der Waals surface area contributed by atoms with E-state index in [0.717, 1.165) is 36.7 Å². The van der Waals surface area contributed by atoms with Crippen LogP contribution in [0.25, 0.3) is 6.08 Å². The molecule has 114 valence electrons. The van der Waals surface area contributed by atoms with Gasteiger partial charge in [-0.3, -0.25) is 14.9 Å². The summed E-state index contributed by atoms with van der Waals surface area (Å²) in [4.78, 5) is 29.0. The van der Waals surface area contributed by atoms with Crippen molar-refractivity contribution >= 4 is 34.6 Å². The molecule has 2 heterocycles. The number of nitro benzene ring substituents is 1. The first kappa shape index (κ1) is 14.8. The van der Waals surface area contributed by atoms with Crippen LogP contribution >= 0.6 is 11.8 Å². The predicted molar refractivity (Wildman–Crippen MR) is 86.5 cm³/mol. The Morgan fingerprint density at radius 3 is 2.50 bits per heavy atom. The number of rotatable bonds is 2. The number of amidine groups is 1. The van der Waals surface area contributed by atoms with Gasteiger partial charge in [0.2, 0.25) is 0 Å². The van der Waals surface area contributed by atoms with Crippen molar-refractivity contribution in [2.24, 2.45) is 4.99 Å². The van der Waals surface area contributed by atoms with Gasteiger partial charge in [-0.2, -0.15) is 4.99 Å². The Morgan fingerprint density at radius 1 is 1.18 bits per heavy atom. The summed E-state index contributed by atoms with van der Waals surface area (Å²) in [6.45, 7) is 1.90. The quantitative estimate of drug-likeness (QED) is 0.476. The molecule has 1 aromatic carbocycles. The number of piperidine rings is 1. The van der Waals surface area contributed by atoms with Gasteiger partial charge in [0, 0.05) is 25.2 Å². The summed E-state index contributed by atoms with van der Waals surface area (Å²) in [5, 5.41) is 11.4. The van der Waals surface area contributed by atoms with E-state index in [2.05, 4.69) is 9.89 Å². The molecule has 0 radical (unpaired) electrons. The number of amides is 1. The van der Waals surface area contributed by atoms with Crippen molar-refractivity contribution in [1.82, 2.24) is 4.90 Å². The van der Waals surface area contributed by atoms with Gasteiger partial charge in [0.1, 0.15) is 0 Å². The summed E-state index contributed by atoms with van der Waals surface area (Å²) in [7, 11) is 0. The Morgan fingerprint density at radius 2 is 1.86 bits per heavy atom. The van der Waals surface area contributed by atoms with Crippen LogP contribution in [0.15, 0.2) is 34.2 Å². The lowest BCUT2D eigenvalue weighted by Gasteiger charge is -2.27. The second-order valence-electron chi connectivity index (χ2n) is 5.21. The standard InChI is InChI=1S/C15H15N3O3S/c19-14-13(10-11-4-6-12(7-5-11)18(20)21)22-15(16-14)17-8-2-1-3-9-17/h4-7,10H,1-3,8-9H2/b13-10+. The smallest absolute Gasteiger partial charge is 0.286 e. The van der Waals surface area contributed by atoms with Crippen molar-refractivity contribution in [3.05, 3.63) is 44.8 Å². The Hall–Kier alpha value is -2.15. The molecule has 1 aromatic rings. The van der Waals surface area contributed by atoms with Gasteiger partial charge in [-0.05, 0) is 54.8 Å². The number of nitrogens with zero attached hydrogens (tertiary/aromatic N) is 3. The topological polar surface area (TPSA) is 75.8 Å². The van der Waals surface area contributed by atoms with Crippen LogP contribution in [0, 0.1) is 10.1 Å². The first-order valence-electron chi connectivity index (χ1n) is 7.15. The maximum absolute atomic E-state index is 12.0. The molecular weight excluding hydrogens is 302 g/mol. The third kappa shape index (κ3) is 3.19. The van der Waals surface area contributed by atoms with Gasteiger partial charge < -0.3 is 4.90 Å². The minimum atomic E-state index is -0.441. The Balaban J connectivity index is 1.73. The van der Waals surface area contributed by atoms with Gasteiger partial charge in [0.25, 0.3) is 11.6 Å². The first-order valence-corrected chi connectivity index (χ1v) is 7.97. The zero-order chi connectivity index (χ0) is 15.5. The molecule has 6 nitrogen and oxygen atoms in total. The fourth-order valence-electron chi connectivity index (χ4n) is 2.46. The van der Waals surface area contributed by atoms with Crippen LogP contribution in [0.5, 0.6) is 0 Å². The van der Waals surface area contributed by atoms with E-state index < -0.39 is 4.92 Å². The Kier molecular flexibility index (Phi) is 4.24. The molecule has 0 aromatic heterocycles. The van der Waals surface area contributed by atoms with Crippen molar-refractivity contribution in [2.45, 2.75) is 19.3 Å². The average molecular weight is 317 g/mol. The van der Waals surface area contributed by atoms with Crippen LogP contribution in [0.2, 0.25) is 0 Å². The maximum atomic E-state index is 12.0. The van der Waals surface area contributed by atoms with E-state index >= 15 is 0 Å². The summed E-state index contributed by atoms with van der Waals surface area (Å²) in [6, 6.07) is 6.14. The molecule has 7 heteroatoms. The molecule has 0 atom stereocenters. The summed E-state index contributed by atoms with van der Waals surface area (Å²) in [6.07, 6.45) is 5.23. The van der Waals surface area contributed by atoms with Crippen LogP contribution in [0.1, 0.15) is 24.8 Å². The van der Waals surface area contributed by atoms with E-state index in [1.165, 1.54) is 30.3 Å². The zero-order valence-electron chi connectivity index (χ0n) is 11.9. The molecule has 0 N–H and O–H groups in total. The number of hydrogen-bond donors (Lipinski definition) is 0. The molecule has 0 aliphatic carbocycles. The third-order valence-corrected chi connectivity index (χ3v) is 4.68. The lowest BCUT2D eigenvalue weighted by Crippen LogP contribution is -2.33. The van der Waals surface area contributed by atoms with E-state index in [-0.39, 0.29) is 11.6 Å². The second-order valence-corrected chi connectivity index (χ2v) is 6.22. The van der Waals surface area contributed by atoms with Crippen molar-refractivity contribution in [3.63, 3.8) is 0 Å². The fraction of sp³-hybridized carbons (Fsp3) is 0.333. The highest BCUT2D eigenvalue weighted by Crippen LogP contribution is 2.31. The molecule has 0 saturated carbocycles. The summed E-state index contributed by atoms with van der Waals surface area (Å²) < 4.78 is 0. The number of hydrogen-bond acceptors (Lipinski definition) is 5. The lowest BCUT2D eigenvalue weighted by molar-refractivity contribution is -0.384. The molecule has 2 aliphatic rings. The maximum Gasteiger partial charge on any atom is 0.286 e. The van der Waals surface area contributed by atoms with Gasteiger partial charge in [-0.25, -0.2) is 0 Å². The Bertz CT molecular complexity index is 661. The van der Waals surface area contributed by atoms with Crippen molar-refractivity contribution in [1.29, 1.82) is 0 Å². The fourth-order valence-corrected chi connectivity index (χ4v) is 3.43. The molecule has 0 bridgehead atoms. The van der Waals surface area contributed by atoms with Crippen molar-refractivity contribution < 1.29 is 9.72 Å². The number of thioether (sulfide) groups is 1. The molecule has 1 amide bonds. The first-order chi connectivity index (χ1) is 10.6. The van der Waals surface area contributed by atoms with Gasteiger partial charge >= 0.3 is 0 Å². The molecule has 22 heavy (non-hydrogen) atoms. The van der Waals surface area contributed by atoms with Gasteiger partial charge in [-0.1, -0.05) is 0 Å². The minimum absolute atomic E-state index is 0.0396. The Labute approximate surface area is 132 Å². The van der Waals surface area contributed by atoms with Gasteiger partial charge in [0.15, 0.2) is 5.17 Å². The van der Waals surface area contributed by atoms with Crippen LogP contribution in [0.4, 0.5) is 5.69 Å². The van der Waals surface area contributed by atoms with Gasteiger partial charge in [0.05, 0.1) is 9.83 Å². The summed E-state index contributed by atoms with van der Waals surface area (Å²) >= 11 is 1.38. The number of benzene rings is 1. The number of non-ortho nitro benzene ring substituents is 1. The average Bonchev–Trinajstić information content (AvgIpc) is 2.90. The second kappa shape index (κ2) is 6.31. The molecule has 1 saturated heterocycles. The molecule has 3 rings (SSSR count). The lowest BCUT2D eigenvalue weighted by atomic mass is 10.1. The normalized spacial score (nSPS) is 20.4. The molecule has 0 spiro atoms. The summed E-state index contributed by atoms with van der Waals surface area (Å²) in [5.41, 5.74) is 0.800. The van der Waals surface area contributed by atoms with Crippen molar-refractivity contribution in [2.75, 3.05) is 13.1 Å². The number of aliphatic imine (C=N–C) groups is 1. The molecule has 0 unspecified atom stereocenters. The third-order valence-electron chi connectivity index (χ3n) is 3.64. The minimum Gasteiger partial charge on any atom is -0.351 e. The predicted octanol–water partition coefficient (Wildman–Crippen LogP) is 3.05. The van der Waals surface area contributed by atoms with E-state index in [0.29, 0.717) is 4.91 Å². The molecule has 1 fully saturated rings. The van der Waals surface area contributed by atoms with Crippen LogP contribution in [-0.4, -0.2) is 34.0 Å². The van der Waals surface area contributed by atoms with E-state index in [4.69, 9.17) is 0 Å². The van der Waals surface area contributed by atoms with Gasteiger partial charge in [-0.15, -0.1) is 0 Å². The van der Waals surface area contributed by atoms with Crippen LogP contribution < -0.4 is 0 Å². The van der Waals surface area contributed by atoms with E-state index in [9.17, 15) is 14.9 Å². The largest absolute Gasteiger partial charge is 0.351 e. The number of carbonyl (C=O) groups is 1. The van der Waals surface area contributed by atoms with E-state index in [1.807, 2.05) is 0 Å². The highest BCUT2D eigenvalue weighted by molar-refractivity contribution is 8.18. The van der Waals surface area contributed by atoms with Crippen LogP contribution in [-0.2, 0) is 4.79 Å². The van der Waals surface area contributed by atoms with E-state index in [1.54, 1.807) is 18.2 Å². The van der Waals surface area contributed by atoms with Crippen LogP contribution in [0.3, 0.4) is 0 Å². The molecular formula is C15H15N3O3S. The monoisotopic (exact) mass is 317 g/mol.